The minimum atomic E-state index is -4.53. The Labute approximate surface area is 338 Å². The number of hydrogen-bond donors (Lipinski definition) is 3. The maximum Gasteiger partial charge on any atom is 0.472 e. The van der Waals surface area contributed by atoms with E-state index < -0.39 is 45.8 Å². The molecule has 0 aliphatic carbocycles. The fraction of sp³-hybridized carbons (Fsp3) is 0.889. The summed E-state index contributed by atoms with van der Waals surface area (Å²) in [6.45, 7) is 2.90. The number of hydrogen-bond acceptors (Lipinski definition) is 8. The zero-order valence-corrected chi connectivity index (χ0v) is 36.6. The number of rotatable bonds is 44. The topological polar surface area (TPSA) is 132 Å². The highest BCUT2D eigenvalue weighted by Gasteiger charge is 2.26. The van der Waals surface area contributed by atoms with Crippen molar-refractivity contribution in [1.29, 1.82) is 0 Å². The average molecular weight is 803 g/mol. The lowest BCUT2D eigenvalue weighted by molar-refractivity contribution is -0.153. The zero-order chi connectivity index (χ0) is 40.3. The number of aliphatic hydroxyl groups excluding tert-OH is 2. The first kappa shape index (κ1) is 53.8. The molecule has 0 saturated heterocycles. The third-order valence-corrected chi connectivity index (χ3v) is 10.9. The van der Waals surface area contributed by atoms with E-state index in [9.17, 15) is 19.4 Å². The minimum absolute atomic E-state index is 0.0348. The molecule has 0 radical (unpaired) electrons. The molecule has 0 amide bonds. The van der Waals surface area contributed by atoms with Gasteiger partial charge >= 0.3 is 13.8 Å². The summed E-state index contributed by atoms with van der Waals surface area (Å²) in [4.78, 5) is 22.6. The maximum atomic E-state index is 12.6. The molecule has 0 aliphatic rings. The van der Waals surface area contributed by atoms with Crippen LogP contribution in [-0.4, -0.2) is 59.7 Å². The highest BCUT2D eigenvalue weighted by atomic mass is 31.2. The lowest BCUT2D eigenvalue weighted by Crippen LogP contribution is -2.28. The molecule has 0 fully saturated rings. The number of phosphoric ester groups is 1. The van der Waals surface area contributed by atoms with Crippen LogP contribution in [0.15, 0.2) is 24.5 Å². The average Bonchev–Trinajstić information content (AvgIpc) is 3.18. The molecule has 1 unspecified atom stereocenters. The van der Waals surface area contributed by atoms with Crippen molar-refractivity contribution in [3.8, 4) is 0 Å². The smallest absolute Gasteiger partial charge is 0.472 e. The summed E-state index contributed by atoms with van der Waals surface area (Å²) in [5, 5.41) is 18.3. The summed E-state index contributed by atoms with van der Waals surface area (Å²) < 4.78 is 33.2. The van der Waals surface area contributed by atoms with E-state index in [1.807, 2.05) is 6.08 Å². The third-order valence-electron chi connectivity index (χ3n) is 9.95. The molecule has 10 heteroatoms. The van der Waals surface area contributed by atoms with Gasteiger partial charge in [0.2, 0.25) is 0 Å². The van der Waals surface area contributed by atoms with Crippen molar-refractivity contribution in [2.45, 2.75) is 232 Å². The maximum absolute atomic E-state index is 12.6. The fourth-order valence-electron chi connectivity index (χ4n) is 6.43. The van der Waals surface area contributed by atoms with E-state index in [0.29, 0.717) is 6.42 Å². The Morgan fingerprint density at radius 1 is 0.545 bits per heavy atom. The summed E-state index contributed by atoms with van der Waals surface area (Å²) in [7, 11) is -4.53. The van der Waals surface area contributed by atoms with Crippen LogP contribution in [0.1, 0.15) is 219 Å². The van der Waals surface area contributed by atoms with Gasteiger partial charge < -0.3 is 24.6 Å². The Morgan fingerprint density at radius 2 is 0.927 bits per heavy atom. The molecular weight excluding hydrogens is 715 g/mol. The number of carbonyl (C=O) groups excluding carboxylic acids is 1. The highest BCUT2D eigenvalue weighted by Crippen LogP contribution is 2.43. The van der Waals surface area contributed by atoms with Crippen molar-refractivity contribution < 1.29 is 43.0 Å². The van der Waals surface area contributed by atoms with Crippen LogP contribution in [0.2, 0.25) is 0 Å². The predicted molar refractivity (Wildman–Crippen MR) is 228 cm³/mol. The van der Waals surface area contributed by atoms with Crippen LogP contribution >= 0.6 is 7.82 Å². The molecule has 3 atom stereocenters. The molecular formula is C45H87O9P. The van der Waals surface area contributed by atoms with E-state index in [0.717, 1.165) is 44.9 Å². The van der Waals surface area contributed by atoms with E-state index in [1.54, 1.807) is 6.26 Å². The molecule has 9 nitrogen and oxygen atoms in total. The molecule has 0 aromatic heterocycles. The second-order valence-corrected chi connectivity index (χ2v) is 16.9. The van der Waals surface area contributed by atoms with Crippen molar-refractivity contribution in [1.82, 2.24) is 0 Å². The number of unbranched alkanes of at least 4 members (excludes halogenated alkanes) is 28. The standard InChI is InChI=1S/C45H87O9P/c1-3-5-7-9-11-13-15-17-19-21-22-24-26-28-30-32-34-36-38-51-41-44(42-53-55(49,50)52-40-43(47)39-46)54-45(48)37-35-33-31-29-27-25-23-20-18-16-14-12-10-8-6-4-2/h20,23,36,38,43-44,46-47H,3-19,21-22,24-35,37,39-42H2,1-2H3,(H,49,50)/b23-20-,38-36-/t43-,44+/m0/s1. The van der Waals surface area contributed by atoms with Crippen molar-refractivity contribution in [2.24, 2.45) is 0 Å². The van der Waals surface area contributed by atoms with Gasteiger partial charge in [-0.25, -0.2) is 4.57 Å². The molecule has 55 heavy (non-hydrogen) atoms. The van der Waals surface area contributed by atoms with Crippen LogP contribution in [-0.2, 0) is 27.9 Å². The lowest BCUT2D eigenvalue weighted by Gasteiger charge is -2.20. The summed E-state index contributed by atoms with van der Waals surface area (Å²) in [6, 6.07) is 0. The molecule has 3 N–H and O–H groups in total. The first-order valence-electron chi connectivity index (χ1n) is 22.9. The minimum Gasteiger partial charge on any atom is -0.498 e. The lowest BCUT2D eigenvalue weighted by atomic mass is 10.0. The van der Waals surface area contributed by atoms with Crippen LogP contribution in [0.5, 0.6) is 0 Å². The zero-order valence-electron chi connectivity index (χ0n) is 35.7. The summed E-state index contributed by atoms with van der Waals surface area (Å²) in [6.07, 6.45) is 45.1. The largest absolute Gasteiger partial charge is 0.498 e. The van der Waals surface area contributed by atoms with E-state index in [-0.39, 0.29) is 13.0 Å². The van der Waals surface area contributed by atoms with E-state index in [4.69, 9.17) is 23.6 Å². The van der Waals surface area contributed by atoms with Crippen LogP contribution in [0.4, 0.5) is 0 Å². The van der Waals surface area contributed by atoms with Gasteiger partial charge in [0.25, 0.3) is 0 Å². The molecule has 0 spiro atoms. The Hall–Kier alpha value is -1.22. The number of ether oxygens (including phenoxy) is 2. The number of aliphatic hydroxyl groups is 2. The van der Waals surface area contributed by atoms with Gasteiger partial charge in [0.05, 0.1) is 26.1 Å². The molecule has 0 saturated carbocycles. The Balaban J connectivity index is 4.18. The first-order valence-corrected chi connectivity index (χ1v) is 24.4. The molecule has 0 rings (SSSR count). The third kappa shape index (κ3) is 42.2. The van der Waals surface area contributed by atoms with Crippen LogP contribution < -0.4 is 0 Å². The normalized spacial score (nSPS) is 14.1. The second kappa shape index (κ2) is 42.4. The quantitative estimate of drug-likeness (QED) is 0.0181. The summed E-state index contributed by atoms with van der Waals surface area (Å²) in [5.74, 6) is -0.410. The van der Waals surface area contributed by atoms with Gasteiger partial charge in [-0.05, 0) is 51.0 Å². The molecule has 0 heterocycles. The first-order chi connectivity index (χ1) is 26.8. The van der Waals surface area contributed by atoms with E-state index >= 15 is 0 Å². The van der Waals surface area contributed by atoms with Gasteiger partial charge in [0.15, 0.2) is 6.10 Å². The summed E-state index contributed by atoms with van der Waals surface area (Å²) >= 11 is 0. The molecule has 0 aromatic carbocycles. The highest BCUT2D eigenvalue weighted by molar-refractivity contribution is 7.47. The number of esters is 1. The van der Waals surface area contributed by atoms with Gasteiger partial charge in [-0.2, -0.15) is 0 Å². The van der Waals surface area contributed by atoms with Gasteiger partial charge in [-0.15, -0.1) is 0 Å². The Bertz CT molecular complexity index is 913. The molecule has 0 aliphatic heterocycles. The molecule has 0 bridgehead atoms. The Kier molecular flexibility index (Phi) is 41.4. The number of allylic oxidation sites excluding steroid dienone is 3. The molecule has 326 valence electrons. The van der Waals surface area contributed by atoms with Crippen LogP contribution in [0.25, 0.3) is 0 Å². The van der Waals surface area contributed by atoms with E-state index in [1.165, 1.54) is 148 Å². The number of carbonyl (C=O) groups is 1. The predicted octanol–water partition coefficient (Wildman–Crippen LogP) is 13.0. The van der Waals surface area contributed by atoms with Gasteiger partial charge in [0, 0.05) is 6.42 Å². The second-order valence-electron chi connectivity index (χ2n) is 15.5. The van der Waals surface area contributed by atoms with Crippen molar-refractivity contribution in [3.63, 3.8) is 0 Å². The van der Waals surface area contributed by atoms with Gasteiger partial charge in [0.1, 0.15) is 12.7 Å². The number of phosphoric acid groups is 1. The molecule has 0 aromatic rings. The fourth-order valence-corrected chi connectivity index (χ4v) is 7.22. The van der Waals surface area contributed by atoms with Crippen molar-refractivity contribution in [3.05, 3.63) is 24.5 Å². The SMILES string of the molecule is CCCCCCCCC/C=C\CCCCCCCC(=O)O[C@H](CO/C=C\CCCCCCCCCCCCCCCCCC)COP(=O)(O)OC[C@@H](O)CO. The van der Waals surface area contributed by atoms with Crippen molar-refractivity contribution in [2.75, 3.05) is 26.4 Å². The Morgan fingerprint density at radius 3 is 1.36 bits per heavy atom. The van der Waals surface area contributed by atoms with Crippen molar-refractivity contribution >= 4 is 13.8 Å². The van der Waals surface area contributed by atoms with Gasteiger partial charge in [-0.1, -0.05) is 180 Å². The van der Waals surface area contributed by atoms with E-state index in [2.05, 4.69) is 26.0 Å². The monoisotopic (exact) mass is 803 g/mol. The van der Waals surface area contributed by atoms with Crippen LogP contribution in [0.3, 0.4) is 0 Å². The summed E-state index contributed by atoms with van der Waals surface area (Å²) in [5.41, 5.74) is 0. The van der Waals surface area contributed by atoms with Crippen LogP contribution in [0, 0.1) is 0 Å². The van der Waals surface area contributed by atoms with Gasteiger partial charge in [-0.3, -0.25) is 13.8 Å².